The Bertz CT molecular complexity index is 732. The van der Waals surface area contributed by atoms with Crippen LogP contribution in [0.3, 0.4) is 0 Å². The molecular weight excluding hydrogens is 309 g/mol. The van der Waals surface area contributed by atoms with Crippen LogP contribution in [0.5, 0.6) is 0 Å². The van der Waals surface area contributed by atoms with E-state index in [2.05, 4.69) is 4.74 Å². The molecule has 23 heavy (non-hydrogen) atoms. The Kier molecular flexibility index (Phi) is 4.83. The zero-order valence-electron chi connectivity index (χ0n) is 12.2. The van der Waals surface area contributed by atoms with Gasteiger partial charge in [-0.2, -0.15) is 13.2 Å². The summed E-state index contributed by atoms with van der Waals surface area (Å²) in [5.41, 5.74) is 0.728. The van der Waals surface area contributed by atoms with Gasteiger partial charge in [0.1, 0.15) is 5.57 Å². The lowest BCUT2D eigenvalue weighted by Gasteiger charge is -2.09. The zero-order valence-corrected chi connectivity index (χ0v) is 12.2. The highest BCUT2D eigenvalue weighted by atomic mass is 19.4. The molecule has 2 aliphatic carbocycles. The number of carbonyl (C=O) groups excluding carboxylic acids is 2. The van der Waals surface area contributed by atoms with Gasteiger partial charge in [-0.25, -0.2) is 4.79 Å². The van der Waals surface area contributed by atoms with E-state index < -0.39 is 23.5 Å². The van der Waals surface area contributed by atoms with Gasteiger partial charge in [-0.15, -0.1) is 0 Å². The maximum Gasteiger partial charge on any atom is 0.455 e. The van der Waals surface area contributed by atoms with Crippen molar-refractivity contribution in [1.82, 2.24) is 0 Å². The summed E-state index contributed by atoms with van der Waals surface area (Å²) in [5.74, 6) is -3.50. The second-order valence-corrected chi connectivity index (χ2v) is 4.67. The average molecular weight is 322 g/mol. The Hall–Kier alpha value is -2.63. The van der Waals surface area contributed by atoms with E-state index in [-0.39, 0.29) is 6.61 Å². The lowest BCUT2D eigenvalue weighted by molar-refractivity contribution is -0.168. The molecule has 120 valence electrons. The van der Waals surface area contributed by atoms with E-state index in [1.54, 1.807) is 42.5 Å². The molecule has 0 bridgehead atoms. The van der Waals surface area contributed by atoms with Crippen LogP contribution in [-0.2, 0) is 14.3 Å². The van der Waals surface area contributed by atoms with Crippen molar-refractivity contribution in [3.63, 3.8) is 0 Å². The predicted molar refractivity (Wildman–Crippen MR) is 78.7 cm³/mol. The summed E-state index contributed by atoms with van der Waals surface area (Å²) in [4.78, 5) is 23.3. The molecular formula is C17H13F3O3. The van der Waals surface area contributed by atoms with Crippen molar-refractivity contribution < 1.29 is 27.5 Å². The summed E-state index contributed by atoms with van der Waals surface area (Å²) in [6.07, 6.45) is -4.22. The molecule has 0 N–H and O–H groups in total. The van der Waals surface area contributed by atoms with Crippen molar-refractivity contribution in [2.45, 2.75) is 13.1 Å². The van der Waals surface area contributed by atoms with Crippen LogP contribution < -0.4 is 0 Å². The van der Waals surface area contributed by atoms with Crippen LogP contribution in [0.2, 0.25) is 0 Å². The summed E-state index contributed by atoms with van der Waals surface area (Å²) in [6.45, 7) is 1.32. The fourth-order valence-corrected chi connectivity index (χ4v) is 2.10. The van der Waals surface area contributed by atoms with Crippen molar-refractivity contribution in [2.75, 3.05) is 6.61 Å². The molecule has 0 amide bonds. The van der Waals surface area contributed by atoms with Crippen LogP contribution >= 0.6 is 0 Å². The maximum absolute atomic E-state index is 12.7. The minimum atomic E-state index is -5.15. The van der Waals surface area contributed by atoms with Crippen molar-refractivity contribution in [3.05, 3.63) is 53.6 Å². The van der Waals surface area contributed by atoms with Crippen LogP contribution in [-0.4, -0.2) is 24.5 Å². The molecule has 0 aromatic rings. The van der Waals surface area contributed by atoms with Gasteiger partial charge in [-0.05, 0) is 29.7 Å². The van der Waals surface area contributed by atoms with Gasteiger partial charge in [0.25, 0.3) is 5.78 Å². The van der Waals surface area contributed by atoms with Crippen molar-refractivity contribution >= 4 is 17.8 Å². The van der Waals surface area contributed by atoms with Crippen molar-refractivity contribution in [3.8, 4) is 11.1 Å². The quantitative estimate of drug-likeness (QED) is 0.371. The van der Waals surface area contributed by atoms with E-state index in [0.717, 1.165) is 11.6 Å². The van der Waals surface area contributed by atoms with E-state index >= 15 is 0 Å². The number of halogens is 3. The van der Waals surface area contributed by atoms with E-state index in [0.29, 0.717) is 11.1 Å². The first-order valence-electron chi connectivity index (χ1n) is 6.82. The van der Waals surface area contributed by atoms with Crippen LogP contribution in [0.25, 0.3) is 17.2 Å². The number of esters is 1. The predicted octanol–water partition coefficient (Wildman–Crippen LogP) is 3.87. The number of hydrogen-bond acceptors (Lipinski definition) is 3. The molecule has 0 radical (unpaired) electrons. The summed E-state index contributed by atoms with van der Waals surface area (Å²) in [6, 6.07) is 12.0. The van der Waals surface area contributed by atoms with E-state index in [4.69, 9.17) is 0 Å². The average Bonchev–Trinajstić information content (AvgIpc) is 2.70. The monoisotopic (exact) mass is 322 g/mol. The third kappa shape index (κ3) is 3.77. The number of alkyl halides is 3. The van der Waals surface area contributed by atoms with Crippen LogP contribution in [0.1, 0.15) is 12.5 Å². The molecule has 0 spiro atoms. The molecule has 0 aromatic carbocycles. The van der Waals surface area contributed by atoms with Gasteiger partial charge in [-0.1, -0.05) is 42.5 Å². The number of hydrogen-bond donors (Lipinski definition) is 0. The molecule has 0 atom stereocenters. The van der Waals surface area contributed by atoms with Crippen molar-refractivity contribution in [2.24, 2.45) is 0 Å². The second-order valence-electron chi connectivity index (χ2n) is 4.67. The largest absolute Gasteiger partial charge is 0.462 e. The fourth-order valence-electron chi connectivity index (χ4n) is 2.10. The smallest absolute Gasteiger partial charge is 0.455 e. The number of Topliss-reactive ketones (excluding diaryl/α,β-unsaturated/α-hetero) is 1. The summed E-state index contributed by atoms with van der Waals surface area (Å²) < 4.78 is 42.7. The number of fused-ring (bicyclic) bond motifs is 1. The summed E-state index contributed by atoms with van der Waals surface area (Å²) in [7, 11) is 0. The van der Waals surface area contributed by atoms with Gasteiger partial charge >= 0.3 is 12.1 Å². The minimum absolute atomic E-state index is 0.127. The maximum atomic E-state index is 12.7. The van der Waals surface area contributed by atoms with Gasteiger partial charge < -0.3 is 4.74 Å². The first kappa shape index (κ1) is 16.7. The highest BCUT2D eigenvalue weighted by molar-refractivity contribution is 6.22. The molecule has 0 saturated carbocycles. The van der Waals surface area contributed by atoms with Crippen LogP contribution in [0.15, 0.2) is 48.0 Å². The van der Waals surface area contributed by atoms with Gasteiger partial charge in [0.2, 0.25) is 0 Å². The molecule has 0 aromatic heterocycles. The Balaban J connectivity index is 2.52. The van der Waals surface area contributed by atoms with Crippen LogP contribution in [0.4, 0.5) is 13.2 Å². The molecule has 0 aliphatic heterocycles. The standard InChI is InChI=1S/C17H13F3O3/c1-2-23-16(22)14(15(21)17(18,19)20)10-12-9-8-11-6-4-3-5-7-13(11)12/h3-10H,2H2,1H3/b14-10-. The van der Waals surface area contributed by atoms with Gasteiger partial charge in [-0.3, -0.25) is 4.79 Å². The summed E-state index contributed by atoms with van der Waals surface area (Å²) in [5, 5.41) is 0. The Labute approximate surface area is 130 Å². The van der Waals surface area contributed by atoms with Crippen LogP contribution in [0, 0.1) is 0 Å². The van der Waals surface area contributed by atoms with Gasteiger partial charge in [0, 0.05) is 0 Å². The van der Waals surface area contributed by atoms with Gasteiger partial charge in [0.05, 0.1) is 6.61 Å². The van der Waals surface area contributed by atoms with Crippen molar-refractivity contribution in [1.29, 1.82) is 0 Å². The third-order valence-corrected chi connectivity index (χ3v) is 3.12. The molecule has 6 heteroatoms. The number of ketones is 1. The van der Waals surface area contributed by atoms with E-state index in [9.17, 15) is 22.8 Å². The first-order chi connectivity index (χ1) is 10.8. The summed E-state index contributed by atoms with van der Waals surface area (Å²) >= 11 is 0. The SMILES string of the molecule is CCOC(=O)/C(=C\c1ccc2cccccc1-2)C(=O)C(F)(F)F. The molecule has 0 fully saturated rings. The topological polar surface area (TPSA) is 43.4 Å². The highest BCUT2D eigenvalue weighted by Crippen LogP contribution is 2.30. The Morgan fingerprint density at radius 2 is 1.78 bits per heavy atom. The highest BCUT2D eigenvalue weighted by Gasteiger charge is 2.43. The number of rotatable bonds is 4. The van der Waals surface area contributed by atoms with E-state index in [1.165, 1.54) is 6.92 Å². The lowest BCUT2D eigenvalue weighted by Crippen LogP contribution is -2.29. The Morgan fingerprint density at radius 3 is 2.43 bits per heavy atom. The number of carbonyl (C=O) groups is 2. The van der Waals surface area contributed by atoms with E-state index in [1.807, 2.05) is 0 Å². The number of ether oxygens (including phenoxy) is 1. The molecule has 2 aliphatic rings. The second kappa shape index (κ2) is 6.64. The Morgan fingerprint density at radius 1 is 1.09 bits per heavy atom. The molecule has 0 heterocycles. The lowest BCUT2D eigenvalue weighted by atomic mass is 10.0. The first-order valence-corrected chi connectivity index (χ1v) is 6.82. The molecule has 0 unspecified atom stereocenters. The molecule has 3 nitrogen and oxygen atoms in total. The zero-order chi connectivity index (χ0) is 17.0. The minimum Gasteiger partial charge on any atom is -0.462 e. The fraction of sp³-hybridized carbons (Fsp3) is 0.176. The van der Waals surface area contributed by atoms with Gasteiger partial charge in [0.15, 0.2) is 0 Å². The molecule has 2 rings (SSSR count). The third-order valence-electron chi connectivity index (χ3n) is 3.12. The molecule has 0 saturated heterocycles. The normalized spacial score (nSPS) is 12.3.